The maximum Gasteiger partial charge on any atom is 0.248 e. The van der Waals surface area contributed by atoms with E-state index in [1.807, 2.05) is 6.07 Å². The molecule has 2 atom stereocenters. The van der Waals surface area contributed by atoms with E-state index in [0.717, 1.165) is 25.1 Å². The summed E-state index contributed by atoms with van der Waals surface area (Å²) in [5.74, 6) is 0. The number of hydrogen-bond acceptors (Lipinski definition) is 3. The minimum atomic E-state index is 0.0231. The Morgan fingerprint density at radius 3 is 3.05 bits per heavy atom. The number of aromatic amines is 1. The molecule has 104 valence electrons. The summed E-state index contributed by atoms with van der Waals surface area (Å²) in [4.78, 5) is 16.8. The standard InChI is InChI=1S/C15H23N3O/c1-18-9-3-4-11(18)10-16-13-5-2-6-14-12(13)7-8-15(19)17-14/h7-8,11,13,16H,2-6,9-10H2,1H3,(H,17,19). The summed E-state index contributed by atoms with van der Waals surface area (Å²) in [5, 5.41) is 3.71. The Balaban J connectivity index is 1.68. The molecule has 0 spiro atoms. The van der Waals surface area contributed by atoms with Crippen LogP contribution in [0.25, 0.3) is 0 Å². The number of fused-ring (bicyclic) bond motifs is 1. The molecule has 1 aromatic heterocycles. The summed E-state index contributed by atoms with van der Waals surface area (Å²) < 4.78 is 0. The highest BCUT2D eigenvalue weighted by molar-refractivity contribution is 5.26. The Labute approximate surface area is 114 Å². The topological polar surface area (TPSA) is 48.1 Å². The van der Waals surface area contributed by atoms with E-state index in [0.29, 0.717) is 12.1 Å². The van der Waals surface area contributed by atoms with Crippen LogP contribution >= 0.6 is 0 Å². The van der Waals surface area contributed by atoms with Crippen LogP contribution in [-0.4, -0.2) is 36.1 Å². The van der Waals surface area contributed by atoms with E-state index in [1.165, 1.54) is 31.4 Å². The van der Waals surface area contributed by atoms with Crippen molar-refractivity contribution in [3.8, 4) is 0 Å². The number of aromatic nitrogens is 1. The van der Waals surface area contributed by atoms with Gasteiger partial charge in [0.15, 0.2) is 0 Å². The van der Waals surface area contributed by atoms with Gasteiger partial charge in [-0.25, -0.2) is 0 Å². The Morgan fingerprint density at radius 1 is 1.37 bits per heavy atom. The summed E-state index contributed by atoms with van der Waals surface area (Å²) in [7, 11) is 2.21. The minimum absolute atomic E-state index is 0.0231. The average molecular weight is 261 g/mol. The molecule has 0 amide bonds. The van der Waals surface area contributed by atoms with Crippen molar-refractivity contribution in [1.82, 2.24) is 15.2 Å². The third kappa shape index (κ3) is 2.74. The molecule has 0 saturated carbocycles. The molecule has 2 unspecified atom stereocenters. The third-order valence-corrected chi connectivity index (χ3v) is 4.60. The first-order chi connectivity index (χ1) is 9.24. The van der Waals surface area contributed by atoms with E-state index in [9.17, 15) is 4.79 Å². The molecule has 0 aromatic carbocycles. The van der Waals surface area contributed by atoms with Crippen LogP contribution in [0.4, 0.5) is 0 Å². The molecule has 2 N–H and O–H groups in total. The highest BCUT2D eigenvalue weighted by Gasteiger charge is 2.24. The Hall–Kier alpha value is -1.13. The maximum atomic E-state index is 11.4. The summed E-state index contributed by atoms with van der Waals surface area (Å²) in [6.45, 7) is 2.28. The lowest BCUT2D eigenvalue weighted by molar-refractivity contribution is 0.286. The van der Waals surface area contributed by atoms with Crippen LogP contribution < -0.4 is 10.9 Å². The van der Waals surface area contributed by atoms with Crippen LogP contribution in [-0.2, 0) is 6.42 Å². The molecule has 1 fully saturated rings. The molecule has 4 heteroatoms. The van der Waals surface area contributed by atoms with E-state index < -0.39 is 0 Å². The molecule has 2 heterocycles. The SMILES string of the molecule is CN1CCCC1CNC1CCCc2[nH]c(=O)ccc21. The van der Waals surface area contributed by atoms with Crippen molar-refractivity contribution in [1.29, 1.82) is 0 Å². The van der Waals surface area contributed by atoms with Crippen molar-refractivity contribution in [2.75, 3.05) is 20.1 Å². The fourth-order valence-electron chi connectivity index (χ4n) is 3.43. The van der Waals surface area contributed by atoms with Crippen LogP contribution in [0.5, 0.6) is 0 Å². The molecule has 2 aliphatic rings. The number of H-pyrrole nitrogens is 1. The van der Waals surface area contributed by atoms with Crippen molar-refractivity contribution >= 4 is 0 Å². The van der Waals surface area contributed by atoms with Gasteiger partial charge in [-0.1, -0.05) is 6.07 Å². The first-order valence-electron chi connectivity index (χ1n) is 7.40. The Bertz CT molecular complexity index is 496. The predicted octanol–water partition coefficient (Wildman–Crippen LogP) is 1.44. The van der Waals surface area contributed by atoms with Gasteiger partial charge in [-0.05, 0) is 51.3 Å². The predicted molar refractivity (Wildman–Crippen MR) is 76.4 cm³/mol. The molecule has 1 aliphatic heterocycles. The first-order valence-corrected chi connectivity index (χ1v) is 7.40. The zero-order valence-corrected chi connectivity index (χ0v) is 11.6. The number of likely N-dealkylation sites (N-methyl/N-ethyl adjacent to an activating group) is 1. The number of likely N-dealkylation sites (tertiary alicyclic amines) is 1. The maximum absolute atomic E-state index is 11.4. The number of hydrogen-bond donors (Lipinski definition) is 2. The third-order valence-electron chi connectivity index (χ3n) is 4.60. The van der Waals surface area contributed by atoms with Crippen molar-refractivity contribution in [2.45, 2.75) is 44.2 Å². The fraction of sp³-hybridized carbons (Fsp3) is 0.667. The van der Waals surface area contributed by atoms with Gasteiger partial charge in [-0.3, -0.25) is 4.79 Å². The van der Waals surface area contributed by atoms with E-state index >= 15 is 0 Å². The fourth-order valence-corrected chi connectivity index (χ4v) is 3.43. The van der Waals surface area contributed by atoms with Crippen molar-refractivity contribution in [3.63, 3.8) is 0 Å². The number of nitrogens with one attached hydrogen (secondary N) is 2. The van der Waals surface area contributed by atoms with Gasteiger partial charge in [0.05, 0.1) is 0 Å². The minimum Gasteiger partial charge on any atom is -0.326 e. The van der Waals surface area contributed by atoms with Crippen LogP contribution in [0.2, 0.25) is 0 Å². The van der Waals surface area contributed by atoms with Crippen LogP contribution in [0, 0.1) is 0 Å². The van der Waals surface area contributed by atoms with Gasteiger partial charge in [0.2, 0.25) is 5.56 Å². The molecule has 19 heavy (non-hydrogen) atoms. The van der Waals surface area contributed by atoms with E-state index in [-0.39, 0.29) is 5.56 Å². The first kappa shape index (κ1) is 12.9. The largest absolute Gasteiger partial charge is 0.326 e. The number of nitrogens with zero attached hydrogens (tertiary/aromatic N) is 1. The van der Waals surface area contributed by atoms with E-state index in [2.05, 4.69) is 22.2 Å². The monoisotopic (exact) mass is 261 g/mol. The molecular weight excluding hydrogens is 238 g/mol. The zero-order chi connectivity index (χ0) is 13.2. The smallest absolute Gasteiger partial charge is 0.248 e. The van der Waals surface area contributed by atoms with Crippen molar-refractivity contribution in [3.05, 3.63) is 33.7 Å². The molecule has 0 bridgehead atoms. The average Bonchev–Trinajstić information content (AvgIpc) is 2.81. The van der Waals surface area contributed by atoms with Gasteiger partial charge in [-0.2, -0.15) is 0 Å². The lowest BCUT2D eigenvalue weighted by Gasteiger charge is -2.28. The molecule has 3 rings (SSSR count). The zero-order valence-electron chi connectivity index (χ0n) is 11.6. The summed E-state index contributed by atoms with van der Waals surface area (Å²) in [6.07, 6.45) is 5.96. The van der Waals surface area contributed by atoms with Gasteiger partial charge < -0.3 is 15.2 Å². The summed E-state index contributed by atoms with van der Waals surface area (Å²) in [6, 6.07) is 4.74. The van der Waals surface area contributed by atoms with Crippen LogP contribution in [0.1, 0.15) is 43.0 Å². The van der Waals surface area contributed by atoms with Gasteiger partial charge >= 0.3 is 0 Å². The Morgan fingerprint density at radius 2 is 2.26 bits per heavy atom. The second-order valence-electron chi connectivity index (χ2n) is 5.89. The molecule has 1 aromatic rings. The number of aryl methyl sites for hydroxylation is 1. The lowest BCUT2D eigenvalue weighted by atomic mass is 9.91. The number of pyridine rings is 1. The summed E-state index contributed by atoms with van der Waals surface area (Å²) >= 11 is 0. The van der Waals surface area contributed by atoms with E-state index in [4.69, 9.17) is 0 Å². The molecular formula is C15H23N3O. The molecule has 0 radical (unpaired) electrons. The summed E-state index contributed by atoms with van der Waals surface area (Å²) in [5.41, 5.74) is 2.46. The highest BCUT2D eigenvalue weighted by Crippen LogP contribution is 2.27. The second kappa shape index (κ2) is 5.47. The lowest BCUT2D eigenvalue weighted by Crippen LogP contribution is -2.38. The second-order valence-corrected chi connectivity index (χ2v) is 5.89. The Kier molecular flexibility index (Phi) is 3.71. The molecule has 1 saturated heterocycles. The normalized spacial score (nSPS) is 27.4. The van der Waals surface area contributed by atoms with Gasteiger partial charge in [0, 0.05) is 30.4 Å². The van der Waals surface area contributed by atoms with Crippen LogP contribution in [0.15, 0.2) is 16.9 Å². The van der Waals surface area contributed by atoms with Crippen molar-refractivity contribution in [2.24, 2.45) is 0 Å². The van der Waals surface area contributed by atoms with E-state index in [1.54, 1.807) is 6.07 Å². The number of rotatable bonds is 3. The van der Waals surface area contributed by atoms with Crippen molar-refractivity contribution < 1.29 is 0 Å². The van der Waals surface area contributed by atoms with Gasteiger partial charge in [0.1, 0.15) is 0 Å². The quantitative estimate of drug-likeness (QED) is 0.865. The van der Waals surface area contributed by atoms with Gasteiger partial charge in [0.25, 0.3) is 0 Å². The van der Waals surface area contributed by atoms with Gasteiger partial charge in [-0.15, -0.1) is 0 Å². The van der Waals surface area contributed by atoms with Crippen LogP contribution in [0.3, 0.4) is 0 Å². The molecule has 1 aliphatic carbocycles. The highest BCUT2D eigenvalue weighted by atomic mass is 16.1. The molecule has 4 nitrogen and oxygen atoms in total.